The van der Waals surface area contributed by atoms with Gasteiger partial charge in [-0.1, -0.05) is 6.07 Å². The summed E-state index contributed by atoms with van der Waals surface area (Å²) < 4.78 is 13.3. The molecule has 1 aliphatic rings. The molecule has 124 valence electrons. The summed E-state index contributed by atoms with van der Waals surface area (Å²) in [7, 11) is 3.87. The molecule has 2 N–H and O–H groups in total. The molecular formula is C18H18FN3O2. The summed E-state index contributed by atoms with van der Waals surface area (Å²) in [4.78, 5) is 26.3. The number of halogens is 1. The highest BCUT2D eigenvalue weighted by molar-refractivity contribution is 6.05. The van der Waals surface area contributed by atoms with Crippen LogP contribution in [-0.4, -0.2) is 25.9 Å². The normalized spacial score (nSPS) is 16.1. The topological polar surface area (TPSA) is 61.4 Å². The standard InChI is InChI=1S/C18H18FN3O2/c1-22(2)13-6-4-12(5-7-13)20-18(24)15-10-17(23)21-16-9-11(19)3-8-14(15)16/h3-9,15H,10H2,1-2H3,(H,20,24)(H,21,23)/t15-/m0/s1. The van der Waals surface area contributed by atoms with E-state index < -0.39 is 11.7 Å². The van der Waals surface area contributed by atoms with Crippen molar-refractivity contribution in [3.05, 3.63) is 53.8 Å². The van der Waals surface area contributed by atoms with Gasteiger partial charge in [0, 0.05) is 37.6 Å². The third-order valence-electron chi connectivity index (χ3n) is 4.02. The predicted molar refractivity (Wildman–Crippen MR) is 91.8 cm³/mol. The number of rotatable bonds is 3. The number of carbonyl (C=O) groups excluding carboxylic acids is 2. The smallest absolute Gasteiger partial charge is 0.232 e. The third kappa shape index (κ3) is 3.22. The molecule has 0 fully saturated rings. The molecule has 2 amide bonds. The highest BCUT2D eigenvalue weighted by Crippen LogP contribution is 2.33. The molecule has 3 rings (SSSR count). The van der Waals surface area contributed by atoms with E-state index in [0.29, 0.717) is 16.9 Å². The van der Waals surface area contributed by atoms with Gasteiger partial charge in [-0.2, -0.15) is 0 Å². The lowest BCUT2D eigenvalue weighted by molar-refractivity contribution is -0.123. The van der Waals surface area contributed by atoms with Crippen molar-refractivity contribution in [1.82, 2.24) is 0 Å². The quantitative estimate of drug-likeness (QED) is 0.911. The zero-order valence-electron chi connectivity index (χ0n) is 13.5. The number of anilines is 3. The second-order valence-corrected chi connectivity index (χ2v) is 5.97. The molecule has 0 saturated heterocycles. The molecule has 24 heavy (non-hydrogen) atoms. The number of hydrogen-bond donors (Lipinski definition) is 2. The minimum Gasteiger partial charge on any atom is -0.378 e. The molecule has 5 nitrogen and oxygen atoms in total. The number of carbonyl (C=O) groups is 2. The van der Waals surface area contributed by atoms with Gasteiger partial charge in [-0.15, -0.1) is 0 Å². The molecule has 6 heteroatoms. The van der Waals surface area contributed by atoms with Gasteiger partial charge >= 0.3 is 0 Å². The summed E-state index contributed by atoms with van der Waals surface area (Å²) in [5.74, 6) is -1.66. The Morgan fingerprint density at radius 3 is 2.58 bits per heavy atom. The number of amides is 2. The van der Waals surface area contributed by atoms with Crippen molar-refractivity contribution < 1.29 is 14.0 Å². The first-order chi connectivity index (χ1) is 11.4. The van der Waals surface area contributed by atoms with Gasteiger partial charge < -0.3 is 15.5 Å². The number of fused-ring (bicyclic) bond motifs is 1. The molecular weight excluding hydrogens is 309 g/mol. The average molecular weight is 327 g/mol. The van der Waals surface area contributed by atoms with E-state index in [1.807, 2.05) is 43.3 Å². The Morgan fingerprint density at radius 2 is 1.92 bits per heavy atom. The van der Waals surface area contributed by atoms with Crippen LogP contribution in [0.2, 0.25) is 0 Å². The third-order valence-corrected chi connectivity index (χ3v) is 4.02. The van der Waals surface area contributed by atoms with Crippen molar-refractivity contribution in [3.8, 4) is 0 Å². The number of nitrogens with one attached hydrogen (secondary N) is 2. The van der Waals surface area contributed by atoms with Gasteiger partial charge in [0.25, 0.3) is 0 Å². The van der Waals surface area contributed by atoms with E-state index in [-0.39, 0.29) is 18.2 Å². The van der Waals surface area contributed by atoms with Crippen LogP contribution in [0.25, 0.3) is 0 Å². The van der Waals surface area contributed by atoms with Crippen molar-refractivity contribution in [1.29, 1.82) is 0 Å². The SMILES string of the molecule is CN(C)c1ccc(NC(=O)[C@H]2CC(=O)Nc3cc(F)ccc32)cc1. The Balaban J connectivity index is 1.81. The number of nitrogens with zero attached hydrogens (tertiary/aromatic N) is 1. The van der Waals surface area contributed by atoms with Crippen molar-refractivity contribution >= 4 is 28.9 Å². The maximum Gasteiger partial charge on any atom is 0.232 e. The highest BCUT2D eigenvalue weighted by Gasteiger charge is 2.31. The lowest BCUT2D eigenvalue weighted by atomic mass is 9.89. The Kier molecular flexibility index (Phi) is 4.20. The Morgan fingerprint density at radius 1 is 1.21 bits per heavy atom. The summed E-state index contributed by atoms with van der Waals surface area (Å²) >= 11 is 0. The van der Waals surface area contributed by atoms with Crippen molar-refractivity contribution in [2.45, 2.75) is 12.3 Å². The van der Waals surface area contributed by atoms with Crippen molar-refractivity contribution in [2.75, 3.05) is 29.6 Å². The zero-order chi connectivity index (χ0) is 17.3. The van der Waals surface area contributed by atoms with Gasteiger partial charge in [-0.3, -0.25) is 9.59 Å². The molecule has 0 unspecified atom stereocenters. The summed E-state index contributed by atoms with van der Waals surface area (Å²) in [6.07, 6.45) is 0.0419. The largest absolute Gasteiger partial charge is 0.378 e. The average Bonchev–Trinajstić information content (AvgIpc) is 2.54. The Labute approximate surface area is 139 Å². The van der Waals surface area contributed by atoms with Gasteiger partial charge in [0.1, 0.15) is 5.82 Å². The molecule has 0 spiro atoms. The lowest BCUT2D eigenvalue weighted by Gasteiger charge is -2.25. The molecule has 0 radical (unpaired) electrons. The molecule has 1 heterocycles. The molecule has 0 aliphatic carbocycles. The van der Waals surface area contributed by atoms with E-state index in [2.05, 4.69) is 10.6 Å². The van der Waals surface area contributed by atoms with E-state index in [0.717, 1.165) is 5.69 Å². The van der Waals surface area contributed by atoms with E-state index >= 15 is 0 Å². The second kappa shape index (κ2) is 6.31. The highest BCUT2D eigenvalue weighted by atomic mass is 19.1. The molecule has 1 atom stereocenters. The summed E-state index contributed by atoms with van der Waals surface area (Å²) in [5.41, 5.74) is 2.65. The van der Waals surface area contributed by atoms with Gasteiger partial charge in [0.2, 0.25) is 11.8 Å². The van der Waals surface area contributed by atoms with E-state index in [1.165, 1.54) is 12.1 Å². The fourth-order valence-corrected chi connectivity index (χ4v) is 2.74. The van der Waals surface area contributed by atoms with Crippen LogP contribution in [0, 0.1) is 5.82 Å². The van der Waals surface area contributed by atoms with Gasteiger partial charge in [-0.05, 0) is 42.0 Å². The van der Waals surface area contributed by atoms with Crippen LogP contribution in [0.5, 0.6) is 0 Å². The van der Waals surface area contributed by atoms with Crippen molar-refractivity contribution in [3.63, 3.8) is 0 Å². The summed E-state index contributed by atoms with van der Waals surface area (Å²) in [6, 6.07) is 11.5. The molecule has 2 aromatic rings. The first kappa shape index (κ1) is 16.0. The fraction of sp³-hybridized carbons (Fsp3) is 0.222. The van der Waals surface area contributed by atoms with Crippen LogP contribution < -0.4 is 15.5 Å². The monoisotopic (exact) mass is 327 g/mol. The maximum atomic E-state index is 13.3. The lowest BCUT2D eigenvalue weighted by Crippen LogP contribution is -2.30. The van der Waals surface area contributed by atoms with Crippen molar-refractivity contribution in [2.24, 2.45) is 0 Å². The molecule has 2 aromatic carbocycles. The Hall–Kier alpha value is -2.89. The molecule has 0 bridgehead atoms. The van der Waals surface area contributed by atoms with Gasteiger partial charge in [-0.25, -0.2) is 4.39 Å². The molecule has 0 saturated carbocycles. The minimum absolute atomic E-state index is 0.0419. The maximum absolute atomic E-state index is 13.3. The zero-order valence-corrected chi connectivity index (χ0v) is 13.5. The van der Waals surface area contributed by atoms with Crippen LogP contribution >= 0.6 is 0 Å². The number of benzene rings is 2. The van der Waals surface area contributed by atoms with Crippen LogP contribution in [-0.2, 0) is 9.59 Å². The first-order valence-electron chi connectivity index (χ1n) is 7.61. The van der Waals surface area contributed by atoms with E-state index in [9.17, 15) is 14.0 Å². The van der Waals surface area contributed by atoms with Crippen LogP contribution in [0.15, 0.2) is 42.5 Å². The van der Waals surface area contributed by atoms with Crippen LogP contribution in [0.3, 0.4) is 0 Å². The minimum atomic E-state index is -0.636. The van der Waals surface area contributed by atoms with E-state index in [1.54, 1.807) is 6.07 Å². The van der Waals surface area contributed by atoms with Crippen LogP contribution in [0.4, 0.5) is 21.5 Å². The summed E-state index contributed by atoms with van der Waals surface area (Å²) in [6.45, 7) is 0. The van der Waals surface area contributed by atoms with Gasteiger partial charge in [0.15, 0.2) is 0 Å². The summed E-state index contributed by atoms with van der Waals surface area (Å²) in [5, 5.41) is 5.43. The van der Waals surface area contributed by atoms with Crippen LogP contribution in [0.1, 0.15) is 17.9 Å². The van der Waals surface area contributed by atoms with Gasteiger partial charge in [0.05, 0.1) is 5.92 Å². The molecule has 1 aliphatic heterocycles. The van der Waals surface area contributed by atoms with E-state index in [4.69, 9.17) is 0 Å². The predicted octanol–water partition coefficient (Wildman–Crippen LogP) is 2.96. The number of hydrogen-bond acceptors (Lipinski definition) is 3. The fourth-order valence-electron chi connectivity index (χ4n) is 2.74. The first-order valence-corrected chi connectivity index (χ1v) is 7.61. The molecule has 0 aromatic heterocycles. The Bertz CT molecular complexity index is 787. The second-order valence-electron chi connectivity index (χ2n) is 5.97.